The Hall–Kier alpha value is -1.10. The molecule has 2 aromatic rings. The highest BCUT2D eigenvalue weighted by molar-refractivity contribution is 7.12. The first-order chi connectivity index (χ1) is 8.19. The summed E-state index contributed by atoms with van der Waals surface area (Å²) in [4.78, 5) is 2.66. The highest BCUT2D eigenvalue weighted by Crippen LogP contribution is 2.22. The maximum atomic E-state index is 8.90. The average Bonchev–Trinajstić information content (AvgIpc) is 2.94. The smallest absolute Gasteiger partial charge is 0.129 e. The SMILES string of the molecule is Cc1ccc(C(C)NCc2ccc(CO)o2)s1. The number of aryl methyl sites for hydroxylation is 1. The lowest BCUT2D eigenvalue weighted by Crippen LogP contribution is -2.16. The molecular weight excluding hydrogens is 234 g/mol. The summed E-state index contributed by atoms with van der Waals surface area (Å²) in [7, 11) is 0. The van der Waals surface area contributed by atoms with E-state index in [0.717, 1.165) is 5.76 Å². The van der Waals surface area contributed by atoms with Crippen molar-refractivity contribution >= 4 is 11.3 Å². The molecule has 2 heterocycles. The molecule has 2 rings (SSSR count). The molecule has 0 spiro atoms. The minimum atomic E-state index is -0.0420. The zero-order chi connectivity index (χ0) is 12.3. The first-order valence-electron chi connectivity index (χ1n) is 5.67. The molecule has 0 aliphatic heterocycles. The van der Waals surface area contributed by atoms with Crippen molar-refractivity contribution in [2.75, 3.05) is 0 Å². The minimum Gasteiger partial charge on any atom is -0.462 e. The summed E-state index contributed by atoms with van der Waals surface area (Å²) in [6.07, 6.45) is 0. The van der Waals surface area contributed by atoms with Crippen molar-refractivity contribution in [3.05, 3.63) is 45.5 Å². The molecule has 17 heavy (non-hydrogen) atoms. The molecule has 0 saturated carbocycles. The van der Waals surface area contributed by atoms with E-state index in [1.807, 2.05) is 17.4 Å². The van der Waals surface area contributed by atoms with E-state index in [0.29, 0.717) is 18.3 Å². The highest BCUT2D eigenvalue weighted by atomic mass is 32.1. The number of aliphatic hydroxyl groups excluding tert-OH is 1. The molecule has 0 amide bonds. The van der Waals surface area contributed by atoms with Crippen LogP contribution >= 0.6 is 11.3 Å². The van der Waals surface area contributed by atoms with Crippen molar-refractivity contribution in [3.63, 3.8) is 0 Å². The molecule has 0 fully saturated rings. The van der Waals surface area contributed by atoms with Crippen LogP contribution in [0.1, 0.15) is 34.2 Å². The highest BCUT2D eigenvalue weighted by Gasteiger charge is 2.08. The van der Waals surface area contributed by atoms with Crippen molar-refractivity contribution in [1.82, 2.24) is 5.32 Å². The molecule has 92 valence electrons. The molecule has 3 nitrogen and oxygen atoms in total. The number of aliphatic hydroxyl groups is 1. The van der Waals surface area contributed by atoms with Crippen LogP contribution in [0, 0.1) is 6.92 Å². The molecule has 2 N–H and O–H groups in total. The third-order valence-corrected chi connectivity index (χ3v) is 3.83. The van der Waals surface area contributed by atoms with Crippen LogP contribution in [0.15, 0.2) is 28.7 Å². The van der Waals surface area contributed by atoms with Gasteiger partial charge in [0.2, 0.25) is 0 Å². The summed E-state index contributed by atoms with van der Waals surface area (Å²) in [5, 5.41) is 12.3. The average molecular weight is 251 g/mol. The quantitative estimate of drug-likeness (QED) is 0.858. The molecule has 1 unspecified atom stereocenters. The first-order valence-corrected chi connectivity index (χ1v) is 6.49. The Bertz CT molecular complexity index is 475. The van der Waals surface area contributed by atoms with E-state index in [2.05, 4.69) is 31.3 Å². The molecule has 0 saturated heterocycles. The largest absolute Gasteiger partial charge is 0.462 e. The van der Waals surface area contributed by atoms with Gasteiger partial charge < -0.3 is 14.8 Å². The number of hydrogen-bond acceptors (Lipinski definition) is 4. The molecule has 0 bridgehead atoms. The van der Waals surface area contributed by atoms with Crippen LogP contribution < -0.4 is 5.32 Å². The van der Waals surface area contributed by atoms with Gasteiger partial charge >= 0.3 is 0 Å². The van der Waals surface area contributed by atoms with Crippen LogP contribution in [0.3, 0.4) is 0 Å². The zero-order valence-electron chi connectivity index (χ0n) is 10.1. The minimum absolute atomic E-state index is 0.0420. The lowest BCUT2D eigenvalue weighted by Gasteiger charge is -2.10. The van der Waals surface area contributed by atoms with Gasteiger partial charge in [0.05, 0.1) is 6.54 Å². The third kappa shape index (κ3) is 3.19. The Labute approximate surface area is 105 Å². The second kappa shape index (κ2) is 5.49. The van der Waals surface area contributed by atoms with Gasteiger partial charge in [-0.1, -0.05) is 0 Å². The van der Waals surface area contributed by atoms with E-state index in [1.165, 1.54) is 9.75 Å². The van der Waals surface area contributed by atoms with Crippen LogP contribution in [-0.2, 0) is 13.2 Å². The Balaban J connectivity index is 1.89. The van der Waals surface area contributed by atoms with Crippen LogP contribution in [0.5, 0.6) is 0 Å². The van der Waals surface area contributed by atoms with Crippen molar-refractivity contribution in [3.8, 4) is 0 Å². The fourth-order valence-corrected chi connectivity index (χ4v) is 2.55. The molecular formula is C13H17NO2S. The van der Waals surface area contributed by atoms with E-state index < -0.39 is 0 Å². The molecule has 0 radical (unpaired) electrons. The van der Waals surface area contributed by atoms with Crippen LogP contribution in [0.2, 0.25) is 0 Å². The van der Waals surface area contributed by atoms with Crippen LogP contribution in [0.4, 0.5) is 0 Å². The van der Waals surface area contributed by atoms with Gasteiger partial charge in [-0.3, -0.25) is 0 Å². The van der Waals surface area contributed by atoms with Gasteiger partial charge in [-0.15, -0.1) is 11.3 Å². The predicted octanol–water partition coefficient (Wildman–Crippen LogP) is 2.99. The Morgan fingerprint density at radius 2 is 2.06 bits per heavy atom. The third-order valence-electron chi connectivity index (χ3n) is 2.64. The van der Waals surface area contributed by atoms with E-state index in [9.17, 15) is 0 Å². The van der Waals surface area contributed by atoms with Gasteiger partial charge in [-0.2, -0.15) is 0 Å². The summed E-state index contributed by atoms with van der Waals surface area (Å²) in [6, 6.07) is 8.30. The fraction of sp³-hybridized carbons (Fsp3) is 0.385. The number of rotatable bonds is 5. The second-order valence-corrected chi connectivity index (χ2v) is 5.40. The summed E-state index contributed by atoms with van der Waals surface area (Å²) >= 11 is 1.81. The van der Waals surface area contributed by atoms with Gasteiger partial charge in [0.15, 0.2) is 0 Å². The van der Waals surface area contributed by atoms with Crippen molar-refractivity contribution < 1.29 is 9.52 Å². The lowest BCUT2D eigenvalue weighted by atomic mass is 10.2. The van der Waals surface area contributed by atoms with Crippen molar-refractivity contribution in [1.29, 1.82) is 0 Å². The number of furan rings is 1. The number of hydrogen-bond donors (Lipinski definition) is 2. The topological polar surface area (TPSA) is 45.4 Å². The van der Waals surface area contributed by atoms with Gasteiger partial charge in [-0.25, -0.2) is 0 Å². The maximum absolute atomic E-state index is 8.90. The van der Waals surface area contributed by atoms with Crippen LogP contribution in [-0.4, -0.2) is 5.11 Å². The monoisotopic (exact) mass is 251 g/mol. The van der Waals surface area contributed by atoms with Gasteiger partial charge in [0.1, 0.15) is 18.1 Å². The molecule has 0 aliphatic carbocycles. The summed E-state index contributed by atoms with van der Waals surface area (Å²) in [5.74, 6) is 1.47. The standard InChI is InChI=1S/C13H17NO2S/c1-9-3-6-13(17-9)10(2)14-7-11-4-5-12(8-15)16-11/h3-6,10,14-15H,7-8H2,1-2H3. The molecule has 1 atom stereocenters. The predicted molar refractivity (Wildman–Crippen MR) is 68.9 cm³/mol. The number of thiophene rings is 1. The molecule has 0 aromatic carbocycles. The van der Waals surface area contributed by atoms with E-state index in [4.69, 9.17) is 9.52 Å². The van der Waals surface area contributed by atoms with E-state index >= 15 is 0 Å². The first kappa shape index (κ1) is 12.4. The lowest BCUT2D eigenvalue weighted by molar-refractivity contribution is 0.242. The Morgan fingerprint density at radius 3 is 2.65 bits per heavy atom. The van der Waals surface area contributed by atoms with Gasteiger partial charge in [0.25, 0.3) is 0 Å². The van der Waals surface area contributed by atoms with Crippen LogP contribution in [0.25, 0.3) is 0 Å². The maximum Gasteiger partial charge on any atom is 0.129 e. The molecule has 0 aliphatic rings. The Kier molecular flexibility index (Phi) is 3.99. The van der Waals surface area contributed by atoms with E-state index in [1.54, 1.807) is 6.07 Å². The fourth-order valence-electron chi connectivity index (χ4n) is 1.64. The van der Waals surface area contributed by atoms with Crippen molar-refractivity contribution in [2.24, 2.45) is 0 Å². The Morgan fingerprint density at radius 1 is 1.29 bits per heavy atom. The summed E-state index contributed by atoms with van der Waals surface area (Å²) in [5.41, 5.74) is 0. The molecule has 4 heteroatoms. The summed E-state index contributed by atoms with van der Waals surface area (Å²) in [6.45, 7) is 4.89. The normalized spacial score (nSPS) is 12.9. The summed E-state index contributed by atoms with van der Waals surface area (Å²) < 4.78 is 5.42. The van der Waals surface area contributed by atoms with E-state index in [-0.39, 0.29) is 6.61 Å². The van der Waals surface area contributed by atoms with Gasteiger partial charge in [0, 0.05) is 15.8 Å². The molecule has 2 aromatic heterocycles. The van der Waals surface area contributed by atoms with Gasteiger partial charge in [-0.05, 0) is 38.1 Å². The number of nitrogens with one attached hydrogen (secondary N) is 1. The second-order valence-electron chi connectivity index (χ2n) is 4.08. The zero-order valence-corrected chi connectivity index (χ0v) is 10.9. The van der Waals surface area contributed by atoms with Crippen molar-refractivity contribution in [2.45, 2.75) is 33.0 Å².